The summed E-state index contributed by atoms with van der Waals surface area (Å²) in [5, 5.41) is 5.32. The van der Waals surface area contributed by atoms with Gasteiger partial charge in [0.15, 0.2) is 0 Å². The molecule has 0 bridgehead atoms. The van der Waals surface area contributed by atoms with Gasteiger partial charge in [-0.15, -0.1) is 0 Å². The maximum atomic E-state index is 13.1. The van der Waals surface area contributed by atoms with E-state index in [2.05, 4.69) is 15.5 Å². The number of carbonyl (C=O) groups is 1. The molecule has 0 radical (unpaired) electrons. The number of alkyl halides is 6. The molecule has 0 aromatic heterocycles. The number of hydrogen-bond acceptors (Lipinski definition) is 3. The highest BCUT2D eigenvalue weighted by molar-refractivity contribution is 6.42. The fourth-order valence-electron chi connectivity index (χ4n) is 4.46. The summed E-state index contributed by atoms with van der Waals surface area (Å²) < 4.78 is 84.1. The number of nitrogens with one attached hydrogen (secondary N) is 2. The molecule has 1 aliphatic rings. The summed E-state index contributed by atoms with van der Waals surface area (Å²) in [5.41, 5.74) is -2.89. The Balaban J connectivity index is 1.73. The lowest BCUT2D eigenvalue weighted by Crippen LogP contribution is -2.36. The topological polar surface area (TPSA) is 53.6 Å². The van der Waals surface area contributed by atoms with Gasteiger partial charge < -0.3 is 15.4 Å². The van der Waals surface area contributed by atoms with Crippen molar-refractivity contribution in [1.29, 1.82) is 0 Å². The minimum absolute atomic E-state index is 0.00140. The second-order valence-electron chi connectivity index (χ2n) is 9.08. The first-order valence-electron chi connectivity index (χ1n) is 11.8. The van der Waals surface area contributed by atoms with Crippen LogP contribution in [0.4, 0.5) is 36.8 Å². The minimum atomic E-state index is -5.02. The maximum absolute atomic E-state index is 13.1. The number of ether oxygens (including phenoxy) is 1. The van der Waals surface area contributed by atoms with Crippen molar-refractivity contribution in [1.82, 2.24) is 10.2 Å². The Bertz CT molecular complexity index is 1080. The van der Waals surface area contributed by atoms with Crippen LogP contribution in [0.5, 0.6) is 0 Å². The Hall–Kier alpha value is -2.21. The molecule has 2 aromatic carbocycles. The zero-order valence-corrected chi connectivity index (χ0v) is 21.9. The zero-order chi connectivity index (χ0) is 28.1. The van der Waals surface area contributed by atoms with Crippen molar-refractivity contribution in [3.63, 3.8) is 0 Å². The first-order chi connectivity index (χ1) is 17.8. The van der Waals surface area contributed by atoms with Crippen LogP contribution >= 0.6 is 23.2 Å². The van der Waals surface area contributed by atoms with Gasteiger partial charge in [0.2, 0.25) is 0 Å². The molecule has 2 amide bonds. The molecule has 2 atom stereocenters. The lowest BCUT2D eigenvalue weighted by atomic mass is 9.95. The van der Waals surface area contributed by atoms with Crippen LogP contribution in [-0.2, 0) is 17.1 Å². The van der Waals surface area contributed by atoms with Crippen molar-refractivity contribution >= 4 is 34.9 Å². The molecule has 1 saturated heterocycles. The lowest BCUT2D eigenvalue weighted by Gasteiger charge is -2.27. The third kappa shape index (κ3) is 8.39. The number of carbonyl (C=O) groups excluding carboxylic acids is 1. The highest BCUT2D eigenvalue weighted by Gasteiger charge is 2.37. The first-order valence-corrected chi connectivity index (χ1v) is 12.6. The van der Waals surface area contributed by atoms with Crippen molar-refractivity contribution < 1.29 is 35.9 Å². The van der Waals surface area contributed by atoms with Gasteiger partial charge in [-0.1, -0.05) is 29.3 Å². The summed E-state index contributed by atoms with van der Waals surface area (Å²) in [5.74, 6) is -0.258. The molecule has 38 heavy (non-hydrogen) atoms. The van der Waals surface area contributed by atoms with Gasteiger partial charge in [0, 0.05) is 31.3 Å². The lowest BCUT2D eigenvalue weighted by molar-refractivity contribution is -0.143. The number of urea groups is 1. The summed E-state index contributed by atoms with van der Waals surface area (Å²) in [7, 11) is 1.64. The van der Waals surface area contributed by atoms with Gasteiger partial charge in [-0.05, 0) is 68.2 Å². The van der Waals surface area contributed by atoms with E-state index in [1.807, 2.05) is 0 Å². The van der Waals surface area contributed by atoms with Gasteiger partial charge in [0.05, 0.1) is 27.8 Å². The van der Waals surface area contributed by atoms with Crippen LogP contribution in [0.25, 0.3) is 0 Å². The van der Waals surface area contributed by atoms with Crippen LogP contribution in [0.3, 0.4) is 0 Å². The SMILES string of the molecule is COCC1CCCN1CCC(CNC(=O)Nc1cc(C(F)(F)F)cc(C(F)(F)F)c1)c1ccc(Cl)c(Cl)c1. The Morgan fingerprint density at radius 3 is 2.29 bits per heavy atom. The molecule has 1 fully saturated rings. The third-order valence-corrected chi connectivity index (χ3v) is 7.13. The van der Waals surface area contributed by atoms with Crippen molar-refractivity contribution in [3.8, 4) is 0 Å². The summed E-state index contributed by atoms with van der Waals surface area (Å²) in [6.07, 6.45) is -7.42. The van der Waals surface area contributed by atoms with E-state index >= 15 is 0 Å². The fraction of sp³-hybridized carbons (Fsp3) is 0.480. The van der Waals surface area contributed by atoms with E-state index in [9.17, 15) is 31.1 Å². The largest absolute Gasteiger partial charge is 0.416 e. The van der Waals surface area contributed by atoms with Crippen molar-refractivity contribution in [2.45, 2.75) is 43.6 Å². The highest BCUT2D eigenvalue weighted by Crippen LogP contribution is 2.37. The number of methoxy groups -OCH3 is 1. The predicted molar refractivity (Wildman–Crippen MR) is 134 cm³/mol. The summed E-state index contributed by atoms with van der Waals surface area (Å²) >= 11 is 12.2. The van der Waals surface area contributed by atoms with Crippen LogP contribution in [0.2, 0.25) is 10.0 Å². The van der Waals surface area contributed by atoms with E-state index < -0.39 is 35.2 Å². The van der Waals surface area contributed by atoms with Crippen LogP contribution in [0.1, 0.15) is 41.9 Å². The Kier molecular flexibility index (Phi) is 10.2. The number of hydrogen-bond donors (Lipinski definition) is 2. The van der Waals surface area contributed by atoms with Gasteiger partial charge in [0.25, 0.3) is 0 Å². The number of nitrogens with zero attached hydrogens (tertiary/aromatic N) is 1. The molecule has 210 valence electrons. The average molecular weight is 586 g/mol. The second-order valence-corrected chi connectivity index (χ2v) is 9.89. The van der Waals surface area contributed by atoms with Gasteiger partial charge >= 0.3 is 18.4 Å². The molecule has 2 unspecified atom stereocenters. The second kappa shape index (κ2) is 12.8. The molecular weight excluding hydrogens is 559 g/mol. The number of amides is 2. The first kappa shape index (κ1) is 30.3. The smallest absolute Gasteiger partial charge is 0.383 e. The third-order valence-electron chi connectivity index (χ3n) is 6.39. The molecule has 0 aliphatic carbocycles. The number of likely N-dealkylation sites (tertiary alicyclic amines) is 1. The quantitative estimate of drug-likeness (QED) is 0.301. The normalized spacial score (nSPS) is 17.4. The molecule has 13 heteroatoms. The van der Waals surface area contributed by atoms with E-state index in [1.54, 1.807) is 25.3 Å². The average Bonchev–Trinajstić information content (AvgIpc) is 3.27. The molecule has 1 aliphatic heterocycles. The zero-order valence-electron chi connectivity index (χ0n) is 20.4. The van der Waals surface area contributed by atoms with E-state index in [-0.39, 0.29) is 24.6 Å². The molecular formula is C25H27Cl2F6N3O2. The van der Waals surface area contributed by atoms with E-state index in [0.29, 0.717) is 41.8 Å². The minimum Gasteiger partial charge on any atom is -0.383 e. The molecule has 1 heterocycles. The van der Waals surface area contributed by atoms with E-state index in [4.69, 9.17) is 27.9 Å². The van der Waals surface area contributed by atoms with Gasteiger partial charge in [0.1, 0.15) is 0 Å². The number of anilines is 1. The highest BCUT2D eigenvalue weighted by atomic mass is 35.5. The van der Waals surface area contributed by atoms with Crippen molar-refractivity contribution in [2.75, 3.05) is 38.7 Å². The summed E-state index contributed by atoms with van der Waals surface area (Å²) in [4.78, 5) is 14.8. The summed E-state index contributed by atoms with van der Waals surface area (Å²) in [6.45, 7) is 2.23. The van der Waals surface area contributed by atoms with Crippen LogP contribution in [0.15, 0.2) is 36.4 Å². The Morgan fingerprint density at radius 1 is 1.05 bits per heavy atom. The summed E-state index contributed by atoms with van der Waals surface area (Å²) in [6, 6.07) is 5.29. The monoisotopic (exact) mass is 585 g/mol. The van der Waals surface area contributed by atoms with E-state index in [0.717, 1.165) is 24.9 Å². The van der Waals surface area contributed by atoms with Gasteiger partial charge in [-0.3, -0.25) is 4.90 Å². The maximum Gasteiger partial charge on any atom is 0.416 e. The van der Waals surface area contributed by atoms with Crippen molar-refractivity contribution in [3.05, 3.63) is 63.1 Å². The Morgan fingerprint density at radius 2 is 1.71 bits per heavy atom. The van der Waals surface area contributed by atoms with Crippen molar-refractivity contribution in [2.24, 2.45) is 0 Å². The van der Waals surface area contributed by atoms with Crippen LogP contribution in [-0.4, -0.2) is 50.3 Å². The number of benzene rings is 2. The number of rotatable bonds is 9. The molecule has 2 N–H and O–H groups in total. The van der Waals surface area contributed by atoms with Gasteiger partial charge in [-0.2, -0.15) is 26.3 Å². The molecule has 5 nitrogen and oxygen atoms in total. The molecule has 2 aromatic rings. The molecule has 0 saturated carbocycles. The molecule has 0 spiro atoms. The standard InChI is InChI=1S/C25H27Cl2F6N3O2/c1-38-14-20-3-2-7-36(20)8-6-16(15-4-5-21(26)22(27)9-15)13-34-23(37)35-19-11-17(24(28,29)30)10-18(12-19)25(31,32)33/h4-5,9-12,16,20H,2-3,6-8,13-14H2,1H3,(H2,34,35,37). The molecule has 3 rings (SSSR count). The fourth-order valence-corrected chi connectivity index (χ4v) is 4.77. The number of halogens is 8. The van der Waals surface area contributed by atoms with Crippen LogP contribution < -0.4 is 10.6 Å². The predicted octanol–water partition coefficient (Wildman–Crippen LogP) is 7.44. The van der Waals surface area contributed by atoms with Crippen LogP contribution in [0, 0.1) is 0 Å². The Labute approximate surface area is 226 Å². The van der Waals surface area contributed by atoms with Gasteiger partial charge in [-0.25, -0.2) is 4.79 Å². The van der Waals surface area contributed by atoms with E-state index in [1.165, 1.54) is 0 Å².